The predicted molar refractivity (Wildman–Crippen MR) is 76.4 cm³/mol. The SMILES string of the molecule is O=C(Cc1ccccc1Cl)OCc1ccccc1Cl. The molecule has 0 amide bonds. The summed E-state index contributed by atoms with van der Waals surface area (Å²) in [5.41, 5.74) is 1.55. The lowest BCUT2D eigenvalue weighted by atomic mass is 10.1. The lowest BCUT2D eigenvalue weighted by Gasteiger charge is -2.07. The zero-order valence-corrected chi connectivity index (χ0v) is 11.6. The van der Waals surface area contributed by atoms with Crippen LogP contribution in [0.15, 0.2) is 48.5 Å². The summed E-state index contributed by atoms with van der Waals surface area (Å²) in [6.07, 6.45) is 0.157. The van der Waals surface area contributed by atoms with Crippen molar-refractivity contribution in [3.63, 3.8) is 0 Å². The minimum atomic E-state index is -0.326. The third-order valence-corrected chi connectivity index (χ3v) is 3.38. The van der Waals surface area contributed by atoms with Gasteiger partial charge in [-0.2, -0.15) is 0 Å². The van der Waals surface area contributed by atoms with E-state index in [-0.39, 0.29) is 19.0 Å². The molecule has 98 valence electrons. The summed E-state index contributed by atoms with van der Waals surface area (Å²) in [5, 5.41) is 1.16. The number of hydrogen-bond acceptors (Lipinski definition) is 2. The van der Waals surface area contributed by atoms with E-state index in [1.165, 1.54) is 0 Å². The standard InChI is InChI=1S/C15H12Cl2O2/c16-13-7-3-1-5-11(13)9-15(18)19-10-12-6-2-4-8-14(12)17/h1-8H,9-10H2. The number of benzene rings is 2. The molecule has 0 unspecified atom stereocenters. The summed E-state index contributed by atoms with van der Waals surface area (Å²) < 4.78 is 5.19. The van der Waals surface area contributed by atoms with Gasteiger partial charge in [-0.25, -0.2) is 0 Å². The number of carbonyl (C=O) groups is 1. The van der Waals surface area contributed by atoms with Crippen molar-refractivity contribution < 1.29 is 9.53 Å². The molecule has 19 heavy (non-hydrogen) atoms. The van der Waals surface area contributed by atoms with E-state index in [4.69, 9.17) is 27.9 Å². The molecule has 0 radical (unpaired) electrons. The summed E-state index contributed by atoms with van der Waals surface area (Å²) >= 11 is 12.0. The smallest absolute Gasteiger partial charge is 0.310 e. The van der Waals surface area contributed by atoms with Crippen LogP contribution in [-0.2, 0) is 22.6 Å². The average molecular weight is 295 g/mol. The second-order valence-electron chi connectivity index (χ2n) is 4.02. The Morgan fingerprint density at radius 1 is 0.895 bits per heavy atom. The van der Waals surface area contributed by atoms with Gasteiger partial charge in [0.05, 0.1) is 6.42 Å². The van der Waals surface area contributed by atoms with Gasteiger partial charge in [-0.15, -0.1) is 0 Å². The molecule has 0 heterocycles. The van der Waals surface area contributed by atoms with Gasteiger partial charge in [-0.05, 0) is 17.7 Å². The van der Waals surface area contributed by atoms with Crippen LogP contribution < -0.4 is 0 Å². The van der Waals surface area contributed by atoms with Crippen molar-refractivity contribution in [2.24, 2.45) is 0 Å². The Bertz CT molecular complexity index is 582. The molecule has 0 spiro atoms. The van der Waals surface area contributed by atoms with Crippen LogP contribution in [-0.4, -0.2) is 5.97 Å². The van der Waals surface area contributed by atoms with Crippen LogP contribution in [0.5, 0.6) is 0 Å². The number of ether oxygens (including phenoxy) is 1. The van der Waals surface area contributed by atoms with Crippen LogP contribution in [0, 0.1) is 0 Å². The van der Waals surface area contributed by atoms with E-state index < -0.39 is 0 Å². The highest BCUT2D eigenvalue weighted by atomic mass is 35.5. The van der Waals surface area contributed by atoms with E-state index in [0.29, 0.717) is 10.0 Å². The monoisotopic (exact) mass is 294 g/mol. The minimum absolute atomic E-state index is 0.157. The first-order chi connectivity index (χ1) is 9.16. The zero-order chi connectivity index (χ0) is 13.7. The van der Waals surface area contributed by atoms with Crippen LogP contribution in [0.4, 0.5) is 0 Å². The molecule has 0 aliphatic rings. The van der Waals surface area contributed by atoms with Gasteiger partial charge < -0.3 is 4.74 Å². The highest BCUT2D eigenvalue weighted by Gasteiger charge is 2.09. The lowest BCUT2D eigenvalue weighted by molar-refractivity contribution is -0.144. The van der Waals surface area contributed by atoms with Crippen molar-refractivity contribution in [1.82, 2.24) is 0 Å². The molecular formula is C15H12Cl2O2. The summed E-state index contributed by atoms with van der Waals surface area (Å²) in [6.45, 7) is 0.170. The average Bonchev–Trinajstić information content (AvgIpc) is 2.40. The third-order valence-electron chi connectivity index (χ3n) is 2.64. The van der Waals surface area contributed by atoms with E-state index in [1.807, 2.05) is 30.3 Å². The molecule has 0 bridgehead atoms. The number of hydrogen-bond donors (Lipinski definition) is 0. The minimum Gasteiger partial charge on any atom is -0.460 e. The fourth-order valence-electron chi connectivity index (χ4n) is 1.62. The molecule has 2 aromatic carbocycles. The van der Waals surface area contributed by atoms with Gasteiger partial charge in [0.2, 0.25) is 0 Å². The molecule has 4 heteroatoms. The first kappa shape index (κ1) is 13.9. The quantitative estimate of drug-likeness (QED) is 0.787. The van der Waals surface area contributed by atoms with Crippen molar-refractivity contribution in [2.45, 2.75) is 13.0 Å². The molecular weight excluding hydrogens is 283 g/mol. The molecule has 0 N–H and O–H groups in total. The Hall–Kier alpha value is -1.51. The number of carbonyl (C=O) groups excluding carboxylic acids is 1. The fourth-order valence-corrected chi connectivity index (χ4v) is 2.01. The highest BCUT2D eigenvalue weighted by molar-refractivity contribution is 6.31. The second-order valence-corrected chi connectivity index (χ2v) is 4.83. The molecule has 0 fully saturated rings. The Balaban J connectivity index is 1.92. The molecule has 0 aliphatic carbocycles. The summed E-state index contributed by atoms with van der Waals surface area (Å²) in [7, 11) is 0. The Kier molecular flexibility index (Phi) is 4.83. The van der Waals surface area contributed by atoms with Crippen LogP contribution in [0.3, 0.4) is 0 Å². The Labute approximate surface area is 121 Å². The lowest BCUT2D eigenvalue weighted by Crippen LogP contribution is -2.08. The van der Waals surface area contributed by atoms with Crippen molar-refractivity contribution in [1.29, 1.82) is 0 Å². The predicted octanol–water partition coefficient (Wildman–Crippen LogP) is 4.28. The number of esters is 1. The summed E-state index contributed by atoms with van der Waals surface area (Å²) in [4.78, 5) is 11.7. The van der Waals surface area contributed by atoms with Gasteiger partial charge in [0.15, 0.2) is 0 Å². The fraction of sp³-hybridized carbons (Fsp3) is 0.133. The van der Waals surface area contributed by atoms with E-state index >= 15 is 0 Å². The van der Waals surface area contributed by atoms with Gasteiger partial charge in [0.25, 0.3) is 0 Å². The van der Waals surface area contributed by atoms with E-state index in [1.54, 1.807) is 18.2 Å². The molecule has 0 saturated carbocycles. The van der Waals surface area contributed by atoms with Crippen LogP contribution in [0.1, 0.15) is 11.1 Å². The Morgan fingerprint density at radius 2 is 1.42 bits per heavy atom. The van der Waals surface area contributed by atoms with Crippen LogP contribution in [0.25, 0.3) is 0 Å². The normalized spacial score (nSPS) is 10.2. The molecule has 0 aromatic heterocycles. The van der Waals surface area contributed by atoms with Crippen molar-refractivity contribution in [3.8, 4) is 0 Å². The maximum absolute atomic E-state index is 11.7. The summed E-state index contributed by atoms with van der Waals surface area (Å²) in [5.74, 6) is -0.326. The molecule has 0 atom stereocenters. The number of rotatable bonds is 4. The number of halogens is 2. The van der Waals surface area contributed by atoms with E-state index in [2.05, 4.69) is 0 Å². The molecule has 2 rings (SSSR count). The zero-order valence-electron chi connectivity index (χ0n) is 10.1. The van der Waals surface area contributed by atoms with Crippen molar-refractivity contribution in [3.05, 3.63) is 69.7 Å². The highest BCUT2D eigenvalue weighted by Crippen LogP contribution is 2.18. The first-order valence-electron chi connectivity index (χ1n) is 5.79. The van der Waals surface area contributed by atoms with E-state index in [9.17, 15) is 4.79 Å². The maximum atomic E-state index is 11.7. The van der Waals surface area contributed by atoms with Crippen molar-refractivity contribution >= 4 is 29.2 Å². The van der Waals surface area contributed by atoms with Gasteiger partial charge in [-0.3, -0.25) is 4.79 Å². The molecule has 2 nitrogen and oxygen atoms in total. The molecule has 0 aliphatic heterocycles. The third kappa shape index (κ3) is 3.98. The summed E-state index contributed by atoms with van der Waals surface area (Å²) in [6, 6.07) is 14.5. The van der Waals surface area contributed by atoms with Crippen molar-refractivity contribution in [2.75, 3.05) is 0 Å². The van der Waals surface area contributed by atoms with Crippen LogP contribution >= 0.6 is 23.2 Å². The van der Waals surface area contributed by atoms with Gasteiger partial charge in [0.1, 0.15) is 6.61 Å². The Morgan fingerprint density at radius 3 is 2.00 bits per heavy atom. The first-order valence-corrected chi connectivity index (χ1v) is 6.55. The topological polar surface area (TPSA) is 26.3 Å². The maximum Gasteiger partial charge on any atom is 0.310 e. The molecule has 0 saturated heterocycles. The van der Waals surface area contributed by atoms with Gasteiger partial charge in [0, 0.05) is 15.6 Å². The largest absolute Gasteiger partial charge is 0.460 e. The van der Waals surface area contributed by atoms with Gasteiger partial charge in [-0.1, -0.05) is 59.6 Å². The van der Waals surface area contributed by atoms with Gasteiger partial charge >= 0.3 is 5.97 Å². The van der Waals surface area contributed by atoms with Crippen LogP contribution in [0.2, 0.25) is 10.0 Å². The molecule has 2 aromatic rings. The van der Waals surface area contributed by atoms with E-state index in [0.717, 1.165) is 11.1 Å². The second kappa shape index (κ2) is 6.60.